The second-order valence-electron chi connectivity index (χ2n) is 7.71. The predicted molar refractivity (Wildman–Crippen MR) is 115 cm³/mol. The Morgan fingerprint density at radius 2 is 1.83 bits per heavy atom. The maximum absolute atomic E-state index is 13.3. The zero-order valence-corrected chi connectivity index (χ0v) is 17.2. The first kappa shape index (κ1) is 20.0. The van der Waals surface area contributed by atoms with E-state index in [4.69, 9.17) is 0 Å². The molecule has 30 heavy (non-hydrogen) atoms. The van der Waals surface area contributed by atoms with Gasteiger partial charge in [0.25, 0.3) is 5.91 Å². The summed E-state index contributed by atoms with van der Waals surface area (Å²) in [6, 6.07) is 20.2. The summed E-state index contributed by atoms with van der Waals surface area (Å²) in [5, 5.41) is 6.26. The van der Waals surface area contributed by atoms with Gasteiger partial charge in [-0.3, -0.25) is 9.69 Å². The molecule has 0 unspecified atom stereocenters. The topological polar surface area (TPSA) is 40.8 Å². The van der Waals surface area contributed by atoms with Crippen molar-refractivity contribution in [3.05, 3.63) is 95.6 Å². The molecule has 0 bridgehead atoms. The Balaban J connectivity index is 1.55. The number of hydrogen-bond donors (Lipinski definition) is 0. The number of hydrazone groups is 1. The van der Waals surface area contributed by atoms with Crippen LogP contribution in [0.25, 0.3) is 0 Å². The van der Waals surface area contributed by atoms with Crippen LogP contribution in [-0.2, 0) is 18.4 Å². The molecule has 0 saturated carbocycles. The Bertz CT molecular complexity index is 1040. The molecule has 2 heterocycles. The minimum atomic E-state index is -0.285. The molecule has 1 aliphatic rings. The Labute approximate surface area is 176 Å². The Morgan fingerprint density at radius 1 is 1.10 bits per heavy atom. The van der Waals surface area contributed by atoms with Crippen molar-refractivity contribution in [1.82, 2.24) is 14.5 Å². The minimum Gasteiger partial charge on any atom is -0.353 e. The van der Waals surface area contributed by atoms with Crippen LogP contribution in [0.2, 0.25) is 0 Å². The van der Waals surface area contributed by atoms with Crippen molar-refractivity contribution in [3.63, 3.8) is 0 Å². The van der Waals surface area contributed by atoms with Crippen molar-refractivity contribution >= 4 is 11.6 Å². The Hall–Kier alpha value is -3.25. The Kier molecular flexibility index (Phi) is 5.77. The van der Waals surface area contributed by atoms with E-state index in [-0.39, 0.29) is 24.3 Å². The van der Waals surface area contributed by atoms with Crippen molar-refractivity contribution in [2.75, 3.05) is 13.6 Å². The smallest absolute Gasteiger partial charge is 0.257 e. The first-order valence-corrected chi connectivity index (χ1v) is 10.0. The molecule has 154 valence electrons. The molecule has 0 N–H and O–H groups in total. The lowest BCUT2D eigenvalue weighted by Crippen LogP contribution is -2.36. The number of halogens is 1. The van der Waals surface area contributed by atoms with E-state index in [1.165, 1.54) is 12.1 Å². The van der Waals surface area contributed by atoms with Crippen LogP contribution in [0.3, 0.4) is 0 Å². The standard InChI is InChI=1S/C24H25FN4O/c1-27(16-18-7-4-3-5-8-18)17-24(30)29-23(22-9-6-14-28(22)2)15-21(26-29)19-10-12-20(25)13-11-19/h3-14,23H,15-17H2,1-2H3/t23-/m0/s1. The van der Waals surface area contributed by atoms with Gasteiger partial charge in [-0.1, -0.05) is 42.5 Å². The van der Waals surface area contributed by atoms with Gasteiger partial charge in [-0.25, -0.2) is 9.40 Å². The van der Waals surface area contributed by atoms with E-state index in [0.717, 1.165) is 22.5 Å². The second-order valence-corrected chi connectivity index (χ2v) is 7.71. The number of carbonyl (C=O) groups is 1. The fourth-order valence-electron chi connectivity index (χ4n) is 3.86. The molecule has 1 aromatic heterocycles. The van der Waals surface area contributed by atoms with Crippen molar-refractivity contribution in [1.29, 1.82) is 0 Å². The molecule has 0 saturated heterocycles. The molecule has 1 aliphatic heterocycles. The van der Waals surface area contributed by atoms with Crippen LogP contribution in [0.4, 0.5) is 4.39 Å². The summed E-state index contributed by atoms with van der Waals surface area (Å²) in [6.07, 6.45) is 2.56. The summed E-state index contributed by atoms with van der Waals surface area (Å²) in [4.78, 5) is 15.2. The number of benzene rings is 2. The molecule has 3 aromatic rings. The third kappa shape index (κ3) is 4.33. The number of carbonyl (C=O) groups excluding carboxylic acids is 1. The number of amides is 1. The third-order valence-electron chi connectivity index (χ3n) is 5.37. The lowest BCUT2D eigenvalue weighted by molar-refractivity contribution is -0.134. The minimum absolute atomic E-state index is 0.0586. The number of likely N-dealkylation sites (N-methyl/N-ethyl adjacent to an activating group) is 1. The largest absolute Gasteiger partial charge is 0.353 e. The van der Waals surface area contributed by atoms with Gasteiger partial charge in [0.05, 0.1) is 12.3 Å². The Morgan fingerprint density at radius 3 is 2.50 bits per heavy atom. The first-order chi connectivity index (χ1) is 14.5. The summed E-state index contributed by atoms with van der Waals surface area (Å²) in [7, 11) is 3.90. The maximum Gasteiger partial charge on any atom is 0.257 e. The zero-order valence-electron chi connectivity index (χ0n) is 17.2. The van der Waals surface area contributed by atoms with E-state index in [1.54, 1.807) is 17.1 Å². The van der Waals surface area contributed by atoms with E-state index in [2.05, 4.69) is 5.10 Å². The van der Waals surface area contributed by atoms with Crippen LogP contribution in [0, 0.1) is 5.82 Å². The fraction of sp³-hybridized carbons (Fsp3) is 0.250. The van der Waals surface area contributed by atoms with Gasteiger partial charge in [0.2, 0.25) is 0 Å². The summed E-state index contributed by atoms with van der Waals surface area (Å²) in [5.41, 5.74) is 3.81. The monoisotopic (exact) mass is 404 g/mol. The van der Waals surface area contributed by atoms with Crippen molar-refractivity contribution in [2.24, 2.45) is 12.1 Å². The molecule has 5 nitrogen and oxygen atoms in total. The molecular weight excluding hydrogens is 379 g/mol. The molecule has 4 rings (SSSR count). The first-order valence-electron chi connectivity index (χ1n) is 10.0. The van der Waals surface area contributed by atoms with Gasteiger partial charge in [0.15, 0.2) is 0 Å². The molecule has 2 aromatic carbocycles. The molecule has 0 radical (unpaired) electrons. The van der Waals surface area contributed by atoms with E-state index in [1.807, 2.05) is 72.2 Å². The number of nitrogens with zero attached hydrogens (tertiary/aromatic N) is 4. The van der Waals surface area contributed by atoms with Gasteiger partial charge >= 0.3 is 0 Å². The summed E-state index contributed by atoms with van der Waals surface area (Å²) >= 11 is 0. The lowest BCUT2D eigenvalue weighted by atomic mass is 10.0. The lowest BCUT2D eigenvalue weighted by Gasteiger charge is -2.25. The number of rotatable bonds is 6. The van der Waals surface area contributed by atoms with Gasteiger partial charge in [-0.05, 0) is 42.4 Å². The molecule has 6 heteroatoms. The van der Waals surface area contributed by atoms with Crippen LogP contribution < -0.4 is 0 Å². The highest BCUT2D eigenvalue weighted by Crippen LogP contribution is 2.33. The van der Waals surface area contributed by atoms with E-state index in [0.29, 0.717) is 13.0 Å². The van der Waals surface area contributed by atoms with Crippen LogP contribution in [0.1, 0.15) is 29.3 Å². The molecule has 0 aliphatic carbocycles. The summed E-state index contributed by atoms with van der Waals surface area (Å²) in [6.45, 7) is 0.944. The molecule has 1 amide bonds. The highest BCUT2D eigenvalue weighted by atomic mass is 19.1. The van der Waals surface area contributed by atoms with Gasteiger partial charge in [0.1, 0.15) is 11.9 Å². The summed E-state index contributed by atoms with van der Waals surface area (Å²) in [5.74, 6) is -0.344. The second kappa shape index (κ2) is 8.63. The normalized spacial score (nSPS) is 16.2. The van der Waals surface area contributed by atoms with Crippen LogP contribution >= 0.6 is 0 Å². The average Bonchev–Trinajstić information content (AvgIpc) is 3.35. The van der Waals surface area contributed by atoms with Gasteiger partial charge in [-0.15, -0.1) is 0 Å². The number of hydrogen-bond acceptors (Lipinski definition) is 3. The molecule has 0 spiro atoms. The SMILES string of the molecule is CN(CC(=O)N1N=C(c2ccc(F)cc2)C[C@H]1c1cccn1C)Cc1ccccc1. The van der Waals surface area contributed by atoms with Crippen LogP contribution in [0.15, 0.2) is 78.0 Å². The third-order valence-corrected chi connectivity index (χ3v) is 5.37. The van der Waals surface area contributed by atoms with Gasteiger partial charge in [0, 0.05) is 31.9 Å². The van der Waals surface area contributed by atoms with Crippen LogP contribution in [-0.4, -0.2) is 39.7 Å². The van der Waals surface area contributed by atoms with Gasteiger partial charge in [-0.2, -0.15) is 5.10 Å². The van der Waals surface area contributed by atoms with Gasteiger partial charge < -0.3 is 4.57 Å². The predicted octanol–water partition coefficient (Wildman–Crippen LogP) is 3.97. The zero-order chi connectivity index (χ0) is 21.1. The maximum atomic E-state index is 13.3. The highest BCUT2D eigenvalue weighted by Gasteiger charge is 2.34. The molecule has 1 atom stereocenters. The van der Waals surface area contributed by atoms with Crippen molar-refractivity contribution < 1.29 is 9.18 Å². The summed E-state index contributed by atoms with van der Waals surface area (Å²) < 4.78 is 15.4. The van der Waals surface area contributed by atoms with Crippen molar-refractivity contribution in [2.45, 2.75) is 19.0 Å². The molecular formula is C24H25FN4O. The fourth-order valence-corrected chi connectivity index (χ4v) is 3.86. The average molecular weight is 404 g/mol. The number of aryl methyl sites for hydroxylation is 1. The van der Waals surface area contributed by atoms with E-state index in [9.17, 15) is 9.18 Å². The molecule has 0 fully saturated rings. The van der Waals surface area contributed by atoms with Crippen LogP contribution in [0.5, 0.6) is 0 Å². The number of aromatic nitrogens is 1. The quantitative estimate of drug-likeness (QED) is 0.624. The van der Waals surface area contributed by atoms with E-state index < -0.39 is 0 Å². The van der Waals surface area contributed by atoms with Crippen molar-refractivity contribution in [3.8, 4) is 0 Å². The van der Waals surface area contributed by atoms with E-state index >= 15 is 0 Å². The highest BCUT2D eigenvalue weighted by molar-refractivity contribution is 6.03.